The Morgan fingerprint density at radius 1 is 1.45 bits per heavy atom. The Bertz CT molecular complexity index is 419. The molecule has 5 N–H and O–H groups in total. The van der Waals surface area contributed by atoms with Gasteiger partial charge < -0.3 is 25.8 Å². The number of nitrogens with one attached hydrogen (secondary N) is 3. The average molecular weight is 284 g/mol. The van der Waals surface area contributed by atoms with E-state index >= 15 is 0 Å². The molecular formula is C12H20N4O4. The van der Waals surface area contributed by atoms with Gasteiger partial charge in [-0.3, -0.25) is 9.59 Å². The first-order valence-corrected chi connectivity index (χ1v) is 6.37. The molecule has 1 rings (SSSR count). The van der Waals surface area contributed by atoms with Crippen LogP contribution in [0.15, 0.2) is 12.5 Å². The van der Waals surface area contributed by atoms with Crippen molar-refractivity contribution in [3.8, 4) is 0 Å². The van der Waals surface area contributed by atoms with Crippen molar-refractivity contribution in [2.75, 3.05) is 6.54 Å². The van der Waals surface area contributed by atoms with E-state index in [1.807, 2.05) is 0 Å². The van der Waals surface area contributed by atoms with Gasteiger partial charge in [0, 0.05) is 31.8 Å². The third kappa shape index (κ3) is 6.30. The molecule has 0 bridgehead atoms. The fourth-order valence-corrected chi connectivity index (χ4v) is 1.72. The maximum atomic E-state index is 11.8. The summed E-state index contributed by atoms with van der Waals surface area (Å²) in [5.74, 6) is -0.832. The number of aryl methyl sites for hydroxylation is 1. The Balaban J connectivity index is 2.31. The molecule has 0 saturated heterocycles. The monoisotopic (exact) mass is 284 g/mol. The number of H-pyrrole nitrogens is 1. The van der Waals surface area contributed by atoms with Crippen LogP contribution in [0.4, 0.5) is 0 Å². The van der Waals surface area contributed by atoms with Crippen LogP contribution >= 0.6 is 0 Å². The first kappa shape index (κ1) is 16.1. The van der Waals surface area contributed by atoms with Gasteiger partial charge in [0.1, 0.15) is 6.04 Å². The predicted octanol–water partition coefficient (Wildman–Crippen LogP) is -1.34. The molecule has 1 aromatic rings. The molecule has 0 aliphatic carbocycles. The first-order valence-electron chi connectivity index (χ1n) is 6.37. The molecule has 8 heteroatoms. The summed E-state index contributed by atoms with van der Waals surface area (Å²) in [5, 5.41) is 22.8. The van der Waals surface area contributed by atoms with Crippen LogP contribution < -0.4 is 10.6 Å². The van der Waals surface area contributed by atoms with E-state index in [0.29, 0.717) is 13.0 Å². The molecule has 0 aliphatic rings. The lowest BCUT2D eigenvalue weighted by molar-refractivity contribution is -0.131. The maximum Gasteiger partial charge on any atom is 0.242 e. The van der Waals surface area contributed by atoms with Gasteiger partial charge in [0.25, 0.3) is 0 Å². The lowest BCUT2D eigenvalue weighted by Crippen LogP contribution is -2.48. The molecule has 0 spiro atoms. The topological polar surface area (TPSA) is 127 Å². The van der Waals surface area contributed by atoms with Gasteiger partial charge in [-0.05, 0) is 12.8 Å². The molecule has 0 saturated carbocycles. The molecular weight excluding hydrogens is 264 g/mol. The second kappa shape index (κ2) is 8.28. The number of aliphatic hydroxyl groups excluding tert-OH is 1. The molecule has 1 atom stereocenters. The number of carbonyl (C=O) groups is 2. The Kier molecular flexibility index (Phi) is 6.68. The molecule has 1 unspecified atom stereocenters. The van der Waals surface area contributed by atoms with Crippen molar-refractivity contribution in [1.82, 2.24) is 20.6 Å². The van der Waals surface area contributed by atoms with Crippen LogP contribution in [-0.4, -0.2) is 50.9 Å². The van der Waals surface area contributed by atoms with Crippen molar-refractivity contribution in [2.45, 2.75) is 38.5 Å². The SMILES string of the molecule is CC(=O)NC(CC(O)O)C(=O)NCCCc1cnc[nH]1. The van der Waals surface area contributed by atoms with Crippen molar-refractivity contribution >= 4 is 11.8 Å². The third-order valence-electron chi connectivity index (χ3n) is 2.62. The minimum Gasteiger partial charge on any atom is -0.368 e. The van der Waals surface area contributed by atoms with Crippen LogP contribution in [0.2, 0.25) is 0 Å². The lowest BCUT2D eigenvalue weighted by Gasteiger charge is -2.18. The number of amides is 2. The molecule has 1 aromatic heterocycles. The van der Waals surface area contributed by atoms with E-state index in [1.54, 1.807) is 12.5 Å². The number of imidazole rings is 1. The molecule has 8 nitrogen and oxygen atoms in total. The van der Waals surface area contributed by atoms with Gasteiger partial charge in [-0.1, -0.05) is 0 Å². The second-order valence-electron chi connectivity index (χ2n) is 4.44. The predicted molar refractivity (Wildman–Crippen MR) is 70.4 cm³/mol. The smallest absolute Gasteiger partial charge is 0.242 e. The number of hydrogen-bond donors (Lipinski definition) is 5. The van der Waals surface area contributed by atoms with Crippen LogP contribution in [0.5, 0.6) is 0 Å². The highest BCUT2D eigenvalue weighted by atomic mass is 16.5. The number of nitrogens with zero attached hydrogens (tertiary/aromatic N) is 1. The molecule has 0 radical (unpaired) electrons. The largest absolute Gasteiger partial charge is 0.368 e. The van der Waals surface area contributed by atoms with Crippen LogP contribution in [0.25, 0.3) is 0 Å². The van der Waals surface area contributed by atoms with E-state index in [0.717, 1.165) is 12.1 Å². The zero-order chi connectivity index (χ0) is 15.0. The number of aliphatic hydroxyl groups is 2. The van der Waals surface area contributed by atoms with Crippen LogP contribution in [0.1, 0.15) is 25.5 Å². The third-order valence-corrected chi connectivity index (χ3v) is 2.62. The molecule has 0 fully saturated rings. The number of aromatic amines is 1. The summed E-state index contributed by atoms with van der Waals surface area (Å²) in [6.45, 7) is 1.69. The zero-order valence-electron chi connectivity index (χ0n) is 11.3. The summed E-state index contributed by atoms with van der Waals surface area (Å²) in [7, 11) is 0. The lowest BCUT2D eigenvalue weighted by atomic mass is 10.1. The van der Waals surface area contributed by atoms with Gasteiger partial charge in [-0.2, -0.15) is 0 Å². The molecule has 2 amide bonds. The summed E-state index contributed by atoms with van der Waals surface area (Å²) in [6, 6.07) is -0.945. The highest BCUT2D eigenvalue weighted by molar-refractivity contribution is 5.86. The Labute approximate surface area is 116 Å². The zero-order valence-corrected chi connectivity index (χ0v) is 11.3. The Hall–Kier alpha value is -1.93. The summed E-state index contributed by atoms with van der Waals surface area (Å²) in [4.78, 5) is 29.6. The van der Waals surface area contributed by atoms with Crippen molar-refractivity contribution in [3.63, 3.8) is 0 Å². The van der Waals surface area contributed by atoms with Gasteiger partial charge in [0.2, 0.25) is 11.8 Å². The number of rotatable bonds is 8. The Morgan fingerprint density at radius 2 is 2.20 bits per heavy atom. The van der Waals surface area contributed by atoms with Crippen LogP contribution in [0, 0.1) is 0 Å². The molecule has 1 heterocycles. The van der Waals surface area contributed by atoms with Crippen molar-refractivity contribution in [2.24, 2.45) is 0 Å². The minimum atomic E-state index is -1.65. The number of carbonyl (C=O) groups excluding carboxylic acids is 2. The summed E-state index contributed by atoms with van der Waals surface area (Å²) in [6.07, 6.45) is 2.86. The van der Waals surface area contributed by atoms with Crippen molar-refractivity contribution in [3.05, 3.63) is 18.2 Å². The van der Waals surface area contributed by atoms with Gasteiger partial charge in [0.05, 0.1) is 6.33 Å². The quantitative estimate of drug-likeness (QED) is 0.298. The standard InChI is InChI=1S/C12H20N4O4/c1-8(17)16-10(5-11(18)19)12(20)14-4-2-3-9-6-13-7-15-9/h6-7,10-11,18-19H,2-5H2,1H3,(H,13,15)(H,14,20)(H,16,17). The van der Waals surface area contributed by atoms with Crippen molar-refractivity contribution < 1.29 is 19.8 Å². The maximum absolute atomic E-state index is 11.8. The fourth-order valence-electron chi connectivity index (χ4n) is 1.72. The second-order valence-corrected chi connectivity index (χ2v) is 4.44. The van der Waals surface area contributed by atoms with Crippen LogP contribution in [0.3, 0.4) is 0 Å². The fraction of sp³-hybridized carbons (Fsp3) is 0.583. The van der Waals surface area contributed by atoms with Gasteiger partial charge in [-0.25, -0.2) is 4.98 Å². The first-order chi connectivity index (χ1) is 9.49. The van der Waals surface area contributed by atoms with E-state index in [-0.39, 0.29) is 6.42 Å². The van der Waals surface area contributed by atoms with E-state index in [4.69, 9.17) is 10.2 Å². The van der Waals surface area contributed by atoms with Gasteiger partial charge in [-0.15, -0.1) is 0 Å². The molecule has 0 aromatic carbocycles. The van der Waals surface area contributed by atoms with Gasteiger partial charge in [0.15, 0.2) is 6.29 Å². The summed E-state index contributed by atoms with van der Waals surface area (Å²) < 4.78 is 0. The normalized spacial score (nSPS) is 12.2. The van der Waals surface area contributed by atoms with E-state index < -0.39 is 24.1 Å². The van der Waals surface area contributed by atoms with E-state index in [2.05, 4.69) is 20.6 Å². The summed E-state index contributed by atoms with van der Waals surface area (Å²) in [5.41, 5.74) is 0.975. The average Bonchev–Trinajstić information content (AvgIpc) is 2.85. The highest BCUT2D eigenvalue weighted by Gasteiger charge is 2.21. The van der Waals surface area contributed by atoms with E-state index in [1.165, 1.54) is 6.92 Å². The molecule has 0 aliphatic heterocycles. The van der Waals surface area contributed by atoms with E-state index in [9.17, 15) is 9.59 Å². The highest BCUT2D eigenvalue weighted by Crippen LogP contribution is 1.98. The molecule has 20 heavy (non-hydrogen) atoms. The number of aromatic nitrogens is 2. The number of hydrogen-bond acceptors (Lipinski definition) is 5. The molecule has 112 valence electrons. The Morgan fingerprint density at radius 3 is 2.75 bits per heavy atom. The minimum absolute atomic E-state index is 0.244. The van der Waals surface area contributed by atoms with Crippen molar-refractivity contribution in [1.29, 1.82) is 0 Å². The van der Waals surface area contributed by atoms with Gasteiger partial charge >= 0.3 is 0 Å². The van der Waals surface area contributed by atoms with Crippen LogP contribution in [-0.2, 0) is 16.0 Å². The summed E-state index contributed by atoms with van der Waals surface area (Å²) >= 11 is 0.